The molecule has 0 unspecified atom stereocenters. The summed E-state index contributed by atoms with van der Waals surface area (Å²) in [6.07, 6.45) is 0.984. The van der Waals surface area contributed by atoms with E-state index in [-0.39, 0.29) is 11.2 Å². The van der Waals surface area contributed by atoms with Crippen LogP contribution in [-0.4, -0.2) is 0 Å². The van der Waals surface area contributed by atoms with Crippen molar-refractivity contribution in [3.63, 3.8) is 0 Å². The van der Waals surface area contributed by atoms with Crippen molar-refractivity contribution in [3.05, 3.63) is 34.6 Å². The number of rotatable bonds is 2. The summed E-state index contributed by atoms with van der Waals surface area (Å²) in [5.41, 5.74) is 1.03. The fourth-order valence-corrected chi connectivity index (χ4v) is 1.65. The van der Waals surface area contributed by atoms with Gasteiger partial charge < -0.3 is 0 Å². The molecule has 0 heterocycles. The zero-order valence-electron chi connectivity index (χ0n) is 8.20. The van der Waals surface area contributed by atoms with E-state index in [9.17, 15) is 4.39 Å². The van der Waals surface area contributed by atoms with Gasteiger partial charge in [0.2, 0.25) is 0 Å². The lowest BCUT2D eigenvalue weighted by Crippen LogP contribution is -2.15. The predicted molar refractivity (Wildman–Crippen MR) is 54.7 cm³/mol. The maximum absolute atomic E-state index is 12.8. The molecule has 1 rings (SSSR count). The van der Waals surface area contributed by atoms with Crippen LogP contribution >= 0.6 is 11.6 Å². The molecule has 0 radical (unpaired) electrons. The Balaban J connectivity index is 3.16. The van der Waals surface area contributed by atoms with Crippen molar-refractivity contribution in [2.75, 3.05) is 0 Å². The van der Waals surface area contributed by atoms with Gasteiger partial charge in [0.05, 0.1) is 0 Å². The van der Waals surface area contributed by atoms with Gasteiger partial charge in [0.1, 0.15) is 5.82 Å². The van der Waals surface area contributed by atoms with Crippen molar-refractivity contribution in [1.82, 2.24) is 0 Å². The minimum atomic E-state index is -0.277. The predicted octanol–water partition coefficient (Wildman–Crippen LogP) is 4.17. The van der Waals surface area contributed by atoms with E-state index < -0.39 is 0 Å². The largest absolute Gasteiger partial charge is 0.207 e. The van der Waals surface area contributed by atoms with Gasteiger partial charge in [-0.2, -0.15) is 0 Å². The third kappa shape index (κ3) is 2.22. The van der Waals surface area contributed by atoms with Gasteiger partial charge >= 0.3 is 0 Å². The number of halogens is 2. The minimum absolute atomic E-state index is 0.0186. The summed E-state index contributed by atoms with van der Waals surface area (Å²) in [7, 11) is 0. The average Bonchev–Trinajstić information content (AvgIpc) is 2.03. The van der Waals surface area contributed by atoms with Crippen LogP contribution in [0.25, 0.3) is 0 Å². The van der Waals surface area contributed by atoms with E-state index in [2.05, 4.69) is 20.8 Å². The molecule has 0 bridgehead atoms. The summed E-state index contributed by atoms with van der Waals surface area (Å²) in [5.74, 6) is -0.277. The maximum atomic E-state index is 12.8. The highest BCUT2D eigenvalue weighted by Crippen LogP contribution is 2.32. The maximum Gasteiger partial charge on any atom is 0.124 e. The van der Waals surface area contributed by atoms with Crippen LogP contribution in [-0.2, 0) is 5.41 Å². The summed E-state index contributed by atoms with van der Waals surface area (Å²) >= 11 is 5.95. The molecule has 0 amide bonds. The fraction of sp³-hybridized carbons (Fsp3) is 0.455. The van der Waals surface area contributed by atoms with Crippen LogP contribution in [0.4, 0.5) is 4.39 Å². The summed E-state index contributed by atoms with van der Waals surface area (Å²) in [6.45, 7) is 6.30. The van der Waals surface area contributed by atoms with Crippen molar-refractivity contribution in [2.24, 2.45) is 0 Å². The summed E-state index contributed by atoms with van der Waals surface area (Å²) < 4.78 is 12.8. The van der Waals surface area contributed by atoms with Crippen LogP contribution < -0.4 is 0 Å². The molecule has 13 heavy (non-hydrogen) atoms. The zero-order chi connectivity index (χ0) is 10.1. The van der Waals surface area contributed by atoms with Gasteiger partial charge in [0.15, 0.2) is 0 Å². The smallest absolute Gasteiger partial charge is 0.124 e. The minimum Gasteiger partial charge on any atom is -0.207 e. The SMILES string of the molecule is CCC(C)(C)c1ccc(F)cc1Cl. The molecule has 0 aliphatic heterocycles. The molecule has 0 nitrogen and oxygen atoms in total. The van der Waals surface area contributed by atoms with Crippen LogP contribution in [0.1, 0.15) is 32.8 Å². The Bertz CT molecular complexity index is 305. The summed E-state index contributed by atoms with van der Waals surface area (Å²) in [4.78, 5) is 0. The first kappa shape index (κ1) is 10.5. The second-order valence-corrected chi connectivity index (χ2v) is 4.27. The second kappa shape index (κ2) is 3.67. The van der Waals surface area contributed by atoms with E-state index in [0.29, 0.717) is 5.02 Å². The van der Waals surface area contributed by atoms with Gasteiger partial charge in [-0.1, -0.05) is 38.4 Å². The Hall–Kier alpha value is -0.560. The van der Waals surface area contributed by atoms with Crippen molar-refractivity contribution in [1.29, 1.82) is 0 Å². The van der Waals surface area contributed by atoms with Crippen LogP contribution in [0, 0.1) is 5.82 Å². The molecule has 2 heteroatoms. The molecule has 0 aliphatic carbocycles. The van der Waals surface area contributed by atoms with Crippen molar-refractivity contribution < 1.29 is 4.39 Å². The molecule has 0 saturated heterocycles. The first-order valence-electron chi connectivity index (χ1n) is 4.43. The number of hydrogen-bond acceptors (Lipinski definition) is 0. The third-order valence-electron chi connectivity index (χ3n) is 2.54. The summed E-state index contributed by atoms with van der Waals surface area (Å²) in [6, 6.07) is 4.59. The Morgan fingerprint density at radius 3 is 2.46 bits per heavy atom. The highest BCUT2D eigenvalue weighted by atomic mass is 35.5. The molecule has 1 aromatic rings. The number of hydrogen-bond donors (Lipinski definition) is 0. The van der Waals surface area contributed by atoms with Gasteiger partial charge in [-0.25, -0.2) is 4.39 Å². The fourth-order valence-electron chi connectivity index (χ4n) is 1.23. The molecular formula is C11H14ClF. The van der Waals surface area contributed by atoms with E-state index in [1.54, 1.807) is 6.07 Å². The Morgan fingerprint density at radius 1 is 1.38 bits per heavy atom. The first-order valence-corrected chi connectivity index (χ1v) is 4.80. The monoisotopic (exact) mass is 200 g/mol. The summed E-state index contributed by atoms with van der Waals surface area (Å²) in [5, 5.41) is 0.520. The molecule has 1 aromatic carbocycles. The quantitative estimate of drug-likeness (QED) is 0.672. The van der Waals surface area contributed by atoms with Gasteiger partial charge in [0.25, 0.3) is 0 Å². The Kier molecular flexibility index (Phi) is 2.97. The topological polar surface area (TPSA) is 0 Å². The van der Waals surface area contributed by atoms with Crippen LogP contribution in [0.5, 0.6) is 0 Å². The van der Waals surface area contributed by atoms with Crippen LogP contribution in [0.2, 0.25) is 5.02 Å². The lowest BCUT2D eigenvalue weighted by atomic mass is 9.82. The van der Waals surface area contributed by atoms with Gasteiger partial charge in [-0.05, 0) is 29.5 Å². The molecule has 0 aliphatic rings. The van der Waals surface area contributed by atoms with Crippen LogP contribution in [0.15, 0.2) is 18.2 Å². The lowest BCUT2D eigenvalue weighted by molar-refractivity contribution is 0.504. The Morgan fingerprint density at radius 2 is 2.00 bits per heavy atom. The highest BCUT2D eigenvalue weighted by molar-refractivity contribution is 6.31. The van der Waals surface area contributed by atoms with E-state index in [1.807, 2.05) is 0 Å². The molecular weight excluding hydrogens is 187 g/mol. The molecule has 72 valence electrons. The molecule has 0 N–H and O–H groups in total. The van der Waals surface area contributed by atoms with Gasteiger partial charge in [-0.3, -0.25) is 0 Å². The first-order chi connectivity index (χ1) is 5.97. The highest BCUT2D eigenvalue weighted by Gasteiger charge is 2.20. The molecule has 0 spiro atoms. The van der Waals surface area contributed by atoms with Crippen molar-refractivity contribution in [2.45, 2.75) is 32.6 Å². The molecule has 0 aromatic heterocycles. The Labute approximate surface area is 83.7 Å². The number of benzene rings is 1. The van der Waals surface area contributed by atoms with E-state index in [4.69, 9.17) is 11.6 Å². The molecule has 0 fully saturated rings. The van der Waals surface area contributed by atoms with Gasteiger partial charge in [-0.15, -0.1) is 0 Å². The standard InChI is InChI=1S/C11H14ClF/c1-4-11(2,3)9-6-5-8(13)7-10(9)12/h5-7H,4H2,1-3H3. The zero-order valence-corrected chi connectivity index (χ0v) is 8.95. The van der Waals surface area contributed by atoms with E-state index >= 15 is 0 Å². The second-order valence-electron chi connectivity index (χ2n) is 3.86. The normalized spacial score (nSPS) is 11.8. The van der Waals surface area contributed by atoms with Crippen molar-refractivity contribution in [3.8, 4) is 0 Å². The average molecular weight is 201 g/mol. The van der Waals surface area contributed by atoms with E-state index in [1.165, 1.54) is 12.1 Å². The van der Waals surface area contributed by atoms with Gasteiger partial charge in [0, 0.05) is 5.02 Å². The molecule has 0 saturated carbocycles. The lowest BCUT2D eigenvalue weighted by Gasteiger charge is -2.24. The van der Waals surface area contributed by atoms with E-state index in [0.717, 1.165) is 12.0 Å². The van der Waals surface area contributed by atoms with Crippen molar-refractivity contribution >= 4 is 11.6 Å². The van der Waals surface area contributed by atoms with Crippen LogP contribution in [0.3, 0.4) is 0 Å². The molecule has 0 atom stereocenters. The third-order valence-corrected chi connectivity index (χ3v) is 2.86.